The number of hydrogen-bond acceptors (Lipinski definition) is 3. The van der Waals surface area contributed by atoms with Crippen LogP contribution in [-0.2, 0) is 5.88 Å². The SMILES string of the molecule is N#Cc1cc(CCl)ccc1N1CCCN2CCCC2C1. The van der Waals surface area contributed by atoms with Gasteiger partial charge < -0.3 is 4.90 Å². The van der Waals surface area contributed by atoms with E-state index in [1.165, 1.54) is 32.4 Å². The van der Waals surface area contributed by atoms with Crippen molar-refractivity contribution >= 4 is 17.3 Å². The van der Waals surface area contributed by atoms with E-state index < -0.39 is 0 Å². The van der Waals surface area contributed by atoms with Gasteiger partial charge in [0.25, 0.3) is 0 Å². The quantitative estimate of drug-likeness (QED) is 0.784. The van der Waals surface area contributed by atoms with Crippen molar-refractivity contribution in [3.05, 3.63) is 29.3 Å². The van der Waals surface area contributed by atoms with Crippen LogP contribution in [0.15, 0.2) is 18.2 Å². The molecular formula is C16H20ClN3. The van der Waals surface area contributed by atoms with Crippen LogP contribution in [-0.4, -0.2) is 37.1 Å². The van der Waals surface area contributed by atoms with Gasteiger partial charge in [0.2, 0.25) is 0 Å². The standard InChI is InChI=1S/C16H20ClN3/c17-10-13-4-5-16(14(9-13)11-18)20-8-2-7-19-6-1-3-15(19)12-20/h4-5,9,15H,1-3,6-8,10,12H2. The second-order valence-electron chi connectivity index (χ2n) is 5.73. The zero-order chi connectivity index (χ0) is 13.9. The summed E-state index contributed by atoms with van der Waals surface area (Å²) in [6, 6.07) is 9.04. The lowest BCUT2D eigenvalue weighted by Crippen LogP contribution is -2.36. The molecule has 2 fully saturated rings. The summed E-state index contributed by atoms with van der Waals surface area (Å²) in [7, 11) is 0. The van der Waals surface area contributed by atoms with Crippen molar-refractivity contribution < 1.29 is 0 Å². The lowest BCUT2D eigenvalue weighted by atomic mass is 10.1. The number of halogens is 1. The second-order valence-corrected chi connectivity index (χ2v) is 6.00. The van der Waals surface area contributed by atoms with Crippen LogP contribution in [0.25, 0.3) is 0 Å². The number of hydrogen-bond donors (Lipinski definition) is 0. The van der Waals surface area contributed by atoms with Crippen molar-refractivity contribution in [2.75, 3.05) is 31.1 Å². The monoisotopic (exact) mass is 289 g/mol. The van der Waals surface area contributed by atoms with Gasteiger partial charge in [-0.15, -0.1) is 11.6 Å². The number of fused-ring (bicyclic) bond motifs is 1. The molecule has 0 aliphatic carbocycles. The van der Waals surface area contributed by atoms with Gasteiger partial charge in [-0.1, -0.05) is 6.07 Å². The first-order chi connectivity index (χ1) is 9.81. The Balaban J connectivity index is 1.86. The van der Waals surface area contributed by atoms with E-state index in [0.29, 0.717) is 11.9 Å². The molecule has 0 spiro atoms. The maximum absolute atomic E-state index is 9.40. The van der Waals surface area contributed by atoms with Crippen LogP contribution in [0.5, 0.6) is 0 Å². The first-order valence-corrected chi connectivity index (χ1v) is 7.93. The average Bonchev–Trinajstić information content (AvgIpc) is 2.83. The smallest absolute Gasteiger partial charge is 0.101 e. The summed E-state index contributed by atoms with van der Waals surface area (Å²) >= 11 is 5.86. The van der Waals surface area contributed by atoms with Gasteiger partial charge in [0.1, 0.15) is 6.07 Å². The largest absolute Gasteiger partial charge is 0.369 e. The van der Waals surface area contributed by atoms with Crippen LogP contribution in [0, 0.1) is 11.3 Å². The molecule has 1 atom stereocenters. The molecule has 2 saturated heterocycles. The second kappa shape index (κ2) is 6.03. The van der Waals surface area contributed by atoms with E-state index in [4.69, 9.17) is 11.6 Å². The molecule has 1 aromatic carbocycles. The Morgan fingerprint density at radius 3 is 2.90 bits per heavy atom. The van der Waals surface area contributed by atoms with E-state index in [9.17, 15) is 5.26 Å². The summed E-state index contributed by atoms with van der Waals surface area (Å²) in [5, 5.41) is 9.40. The highest BCUT2D eigenvalue weighted by Crippen LogP contribution is 2.28. The number of rotatable bonds is 2. The number of alkyl halides is 1. The molecule has 2 aliphatic heterocycles. The fourth-order valence-corrected chi connectivity index (χ4v) is 3.62. The summed E-state index contributed by atoms with van der Waals surface area (Å²) in [4.78, 5) is 5.01. The minimum Gasteiger partial charge on any atom is -0.369 e. The van der Waals surface area contributed by atoms with E-state index >= 15 is 0 Å². The molecule has 0 aromatic heterocycles. The Bertz CT molecular complexity index is 523. The van der Waals surface area contributed by atoms with Crippen molar-refractivity contribution in [3.8, 4) is 6.07 Å². The van der Waals surface area contributed by atoms with Crippen LogP contribution >= 0.6 is 11.6 Å². The zero-order valence-corrected chi connectivity index (χ0v) is 12.4. The van der Waals surface area contributed by atoms with Crippen molar-refractivity contribution in [2.45, 2.75) is 31.2 Å². The molecule has 0 bridgehead atoms. The predicted octanol–water partition coefficient (Wildman–Crippen LogP) is 2.97. The van der Waals surface area contributed by atoms with Gasteiger partial charge in [0.15, 0.2) is 0 Å². The molecule has 20 heavy (non-hydrogen) atoms. The van der Waals surface area contributed by atoms with Crippen LogP contribution in [0.1, 0.15) is 30.4 Å². The molecule has 0 N–H and O–H groups in total. The third kappa shape index (κ3) is 2.63. The number of nitriles is 1. The van der Waals surface area contributed by atoms with Gasteiger partial charge in [0, 0.05) is 31.6 Å². The highest BCUT2D eigenvalue weighted by atomic mass is 35.5. The number of nitrogens with zero attached hydrogens (tertiary/aromatic N) is 3. The maximum Gasteiger partial charge on any atom is 0.101 e. The fraction of sp³-hybridized carbons (Fsp3) is 0.562. The zero-order valence-electron chi connectivity index (χ0n) is 11.7. The molecule has 2 heterocycles. The molecule has 1 unspecified atom stereocenters. The van der Waals surface area contributed by atoms with E-state index in [-0.39, 0.29) is 0 Å². The minimum absolute atomic E-state index is 0.464. The lowest BCUT2D eigenvalue weighted by Gasteiger charge is -2.28. The molecular weight excluding hydrogens is 270 g/mol. The molecule has 3 rings (SSSR count). The molecule has 1 aromatic rings. The van der Waals surface area contributed by atoms with E-state index in [0.717, 1.165) is 29.9 Å². The lowest BCUT2D eigenvalue weighted by molar-refractivity contribution is 0.273. The topological polar surface area (TPSA) is 30.3 Å². The molecule has 4 heteroatoms. The highest BCUT2D eigenvalue weighted by Gasteiger charge is 2.29. The summed E-state index contributed by atoms with van der Waals surface area (Å²) in [6.45, 7) is 4.54. The van der Waals surface area contributed by atoms with Crippen molar-refractivity contribution in [1.82, 2.24) is 4.90 Å². The molecule has 2 aliphatic rings. The summed E-state index contributed by atoms with van der Waals surface area (Å²) in [5.41, 5.74) is 2.86. The third-order valence-electron chi connectivity index (χ3n) is 4.48. The molecule has 0 radical (unpaired) electrons. The number of anilines is 1. The highest BCUT2D eigenvalue weighted by molar-refractivity contribution is 6.17. The van der Waals surface area contributed by atoms with Crippen molar-refractivity contribution in [3.63, 3.8) is 0 Å². The first kappa shape index (κ1) is 13.7. The van der Waals surface area contributed by atoms with Gasteiger partial charge in [-0.05, 0) is 43.5 Å². The molecule has 3 nitrogen and oxygen atoms in total. The Morgan fingerprint density at radius 2 is 2.10 bits per heavy atom. The molecule has 0 amide bonds. The van der Waals surface area contributed by atoms with Crippen LogP contribution in [0.2, 0.25) is 0 Å². The maximum atomic E-state index is 9.40. The van der Waals surface area contributed by atoms with Gasteiger partial charge in [0.05, 0.1) is 11.3 Å². The molecule has 106 valence electrons. The van der Waals surface area contributed by atoms with E-state index in [1.54, 1.807) is 0 Å². The van der Waals surface area contributed by atoms with Crippen molar-refractivity contribution in [2.24, 2.45) is 0 Å². The van der Waals surface area contributed by atoms with Gasteiger partial charge in [-0.2, -0.15) is 5.26 Å². The Kier molecular flexibility index (Phi) is 4.14. The Morgan fingerprint density at radius 1 is 1.25 bits per heavy atom. The fourth-order valence-electron chi connectivity index (χ4n) is 3.46. The van der Waals surface area contributed by atoms with Gasteiger partial charge in [-0.3, -0.25) is 4.90 Å². The van der Waals surface area contributed by atoms with Crippen molar-refractivity contribution in [1.29, 1.82) is 5.26 Å². The summed E-state index contributed by atoms with van der Waals surface area (Å²) < 4.78 is 0. The summed E-state index contributed by atoms with van der Waals surface area (Å²) in [6.07, 6.45) is 3.78. The van der Waals surface area contributed by atoms with E-state index in [2.05, 4.69) is 21.9 Å². The normalized spacial score (nSPS) is 23.2. The van der Waals surface area contributed by atoms with Gasteiger partial charge >= 0.3 is 0 Å². The van der Waals surface area contributed by atoms with Gasteiger partial charge in [-0.25, -0.2) is 0 Å². The average molecular weight is 290 g/mol. The Labute approximate surface area is 125 Å². The van der Waals surface area contributed by atoms with E-state index in [1.807, 2.05) is 12.1 Å². The number of benzene rings is 1. The molecule has 0 saturated carbocycles. The first-order valence-electron chi connectivity index (χ1n) is 7.40. The summed E-state index contributed by atoms with van der Waals surface area (Å²) in [5.74, 6) is 0.464. The predicted molar refractivity (Wildman–Crippen MR) is 82.1 cm³/mol. The van der Waals surface area contributed by atoms with Crippen LogP contribution in [0.4, 0.5) is 5.69 Å². The third-order valence-corrected chi connectivity index (χ3v) is 4.79. The Hall–Kier alpha value is -1.24. The van der Waals surface area contributed by atoms with Crippen LogP contribution in [0.3, 0.4) is 0 Å². The van der Waals surface area contributed by atoms with Crippen LogP contribution < -0.4 is 4.90 Å². The minimum atomic E-state index is 0.464.